The van der Waals surface area contributed by atoms with Gasteiger partial charge >= 0.3 is 0 Å². The lowest BCUT2D eigenvalue weighted by Crippen LogP contribution is -2.23. The maximum atomic E-state index is 9.60. The molecular formula is C13H20O4. The van der Waals surface area contributed by atoms with Gasteiger partial charge in [0.05, 0.1) is 12.7 Å². The van der Waals surface area contributed by atoms with Crippen LogP contribution < -0.4 is 4.74 Å². The van der Waals surface area contributed by atoms with Gasteiger partial charge in [0, 0.05) is 12.7 Å². The molecule has 0 aliphatic carbocycles. The molecule has 0 aliphatic heterocycles. The second-order valence-electron chi connectivity index (χ2n) is 4.14. The third kappa shape index (κ3) is 4.34. The normalized spacial score (nSPS) is 14.4. The smallest absolute Gasteiger partial charge is 0.125 e. The van der Waals surface area contributed by atoms with Crippen LogP contribution in [0.15, 0.2) is 18.2 Å². The van der Waals surface area contributed by atoms with Crippen molar-refractivity contribution in [1.29, 1.82) is 0 Å². The summed E-state index contributed by atoms with van der Waals surface area (Å²) in [6.07, 6.45) is -1.26. The quantitative estimate of drug-likeness (QED) is 0.790. The molecule has 0 heterocycles. The zero-order valence-corrected chi connectivity index (χ0v) is 10.5. The molecule has 4 nitrogen and oxygen atoms in total. The first-order chi connectivity index (χ1) is 8.04. The van der Waals surface area contributed by atoms with Crippen LogP contribution in [-0.2, 0) is 4.74 Å². The van der Waals surface area contributed by atoms with Gasteiger partial charge in [0.1, 0.15) is 18.5 Å². The van der Waals surface area contributed by atoms with Crippen molar-refractivity contribution in [1.82, 2.24) is 0 Å². The van der Waals surface area contributed by atoms with Gasteiger partial charge in [-0.25, -0.2) is 0 Å². The highest BCUT2D eigenvalue weighted by atomic mass is 16.5. The number of methoxy groups -OCH3 is 1. The predicted octanol–water partition coefficient (Wildman–Crippen LogP) is 1.43. The van der Waals surface area contributed by atoms with E-state index >= 15 is 0 Å². The van der Waals surface area contributed by atoms with E-state index in [0.717, 1.165) is 11.1 Å². The maximum absolute atomic E-state index is 9.60. The zero-order valence-electron chi connectivity index (χ0n) is 10.5. The van der Waals surface area contributed by atoms with E-state index in [9.17, 15) is 10.2 Å². The molecule has 0 radical (unpaired) electrons. The second-order valence-corrected chi connectivity index (χ2v) is 4.14. The zero-order chi connectivity index (χ0) is 12.8. The highest BCUT2D eigenvalue weighted by molar-refractivity contribution is 5.38. The number of rotatable bonds is 6. The van der Waals surface area contributed by atoms with Crippen LogP contribution in [-0.4, -0.2) is 36.6 Å². The summed E-state index contributed by atoms with van der Waals surface area (Å²) in [7, 11) is 1.52. The van der Waals surface area contributed by atoms with Gasteiger partial charge in [0.2, 0.25) is 0 Å². The van der Waals surface area contributed by atoms with Gasteiger partial charge < -0.3 is 19.7 Å². The highest BCUT2D eigenvalue weighted by Crippen LogP contribution is 2.26. The maximum Gasteiger partial charge on any atom is 0.125 e. The Labute approximate surface area is 102 Å². The summed E-state index contributed by atoms with van der Waals surface area (Å²) >= 11 is 0. The molecule has 0 aliphatic rings. The van der Waals surface area contributed by atoms with Crippen molar-refractivity contribution < 1.29 is 19.7 Å². The lowest BCUT2D eigenvalue weighted by Gasteiger charge is -2.16. The van der Waals surface area contributed by atoms with Gasteiger partial charge in [-0.15, -0.1) is 0 Å². The molecule has 2 atom stereocenters. The molecule has 0 saturated heterocycles. The number of aliphatic hydroxyl groups is 2. The molecule has 96 valence electrons. The Bertz CT molecular complexity index is 349. The minimum atomic E-state index is -0.664. The minimum Gasteiger partial charge on any atom is -0.490 e. The van der Waals surface area contributed by atoms with E-state index in [-0.39, 0.29) is 13.2 Å². The SMILES string of the molecule is COCC(O)COc1cc(C)ccc1C(C)O. The molecule has 0 fully saturated rings. The van der Waals surface area contributed by atoms with E-state index in [0.29, 0.717) is 5.75 Å². The molecule has 0 bridgehead atoms. The summed E-state index contributed by atoms with van der Waals surface area (Å²) in [4.78, 5) is 0. The van der Waals surface area contributed by atoms with Crippen LogP contribution in [0.2, 0.25) is 0 Å². The van der Waals surface area contributed by atoms with E-state index in [1.54, 1.807) is 6.92 Å². The van der Waals surface area contributed by atoms with E-state index in [1.807, 2.05) is 25.1 Å². The molecule has 0 spiro atoms. The molecule has 1 aromatic carbocycles. The third-order valence-electron chi connectivity index (χ3n) is 2.41. The largest absolute Gasteiger partial charge is 0.490 e. The lowest BCUT2D eigenvalue weighted by molar-refractivity contribution is 0.0316. The van der Waals surface area contributed by atoms with E-state index in [1.165, 1.54) is 7.11 Å². The predicted molar refractivity (Wildman–Crippen MR) is 65.2 cm³/mol. The molecule has 2 unspecified atom stereocenters. The van der Waals surface area contributed by atoms with Gasteiger partial charge in [-0.3, -0.25) is 0 Å². The number of hydrogen-bond acceptors (Lipinski definition) is 4. The van der Waals surface area contributed by atoms with Crippen molar-refractivity contribution in [2.45, 2.75) is 26.1 Å². The van der Waals surface area contributed by atoms with Crippen molar-refractivity contribution in [2.75, 3.05) is 20.3 Å². The Morgan fingerprint density at radius 1 is 1.24 bits per heavy atom. The average molecular weight is 240 g/mol. The fraction of sp³-hybridized carbons (Fsp3) is 0.538. The molecule has 0 aromatic heterocycles. The second kappa shape index (κ2) is 6.59. The topological polar surface area (TPSA) is 58.9 Å². The van der Waals surface area contributed by atoms with E-state index in [2.05, 4.69) is 0 Å². The van der Waals surface area contributed by atoms with Crippen LogP contribution in [0.25, 0.3) is 0 Å². The number of benzene rings is 1. The molecule has 0 saturated carbocycles. The minimum absolute atomic E-state index is 0.150. The fourth-order valence-corrected chi connectivity index (χ4v) is 1.54. The number of aryl methyl sites for hydroxylation is 1. The summed E-state index contributed by atoms with van der Waals surface area (Å²) < 4.78 is 10.3. The first kappa shape index (κ1) is 14.0. The van der Waals surface area contributed by atoms with Crippen molar-refractivity contribution in [3.8, 4) is 5.75 Å². The van der Waals surface area contributed by atoms with Crippen LogP contribution in [0.4, 0.5) is 0 Å². The Kier molecular flexibility index (Phi) is 5.41. The van der Waals surface area contributed by atoms with Gasteiger partial charge in [0.15, 0.2) is 0 Å². The first-order valence-electron chi connectivity index (χ1n) is 5.63. The Morgan fingerprint density at radius 3 is 2.53 bits per heavy atom. The Hall–Kier alpha value is -1.10. The molecule has 0 amide bonds. The summed E-state index contributed by atoms with van der Waals surface area (Å²) in [5.74, 6) is 0.607. The average Bonchev–Trinajstić information content (AvgIpc) is 2.26. The van der Waals surface area contributed by atoms with Crippen molar-refractivity contribution >= 4 is 0 Å². The number of aliphatic hydroxyl groups excluding tert-OH is 2. The van der Waals surface area contributed by atoms with Crippen LogP contribution in [0.5, 0.6) is 5.75 Å². The van der Waals surface area contributed by atoms with Gasteiger partial charge in [-0.05, 0) is 25.5 Å². The molecule has 1 rings (SSSR count). The molecule has 1 aromatic rings. The van der Waals surface area contributed by atoms with Crippen molar-refractivity contribution in [3.63, 3.8) is 0 Å². The van der Waals surface area contributed by atoms with Crippen LogP contribution in [0, 0.1) is 6.92 Å². The van der Waals surface area contributed by atoms with E-state index in [4.69, 9.17) is 9.47 Å². The first-order valence-corrected chi connectivity index (χ1v) is 5.63. The fourth-order valence-electron chi connectivity index (χ4n) is 1.54. The Balaban J connectivity index is 2.71. The molecule has 4 heteroatoms. The summed E-state index contributed by atoms with van der Waals surface area (Å²) in [6, 6.07) is 5.60. The highest BCUT2D eigenvalue weighted by Gasteiger charge is 2.11. The van der Waals surface area contributed by atoms with Crippen LogP contribution in [0.3, 0.4) is 0 Å². The number of ether oxygens (including phenoxy) is 2. The summed E-state index contributed by atoms with van der Waals surface area (Å²) in [6.45, 7) is 4.01. The molecular weight excluding hydrogens is 220 g/mol. The molecule has 2 N–H and O–H groups in total. The monoisotopic (exact) mass is 240 g/mol. The van der Waals surface area contributed by atoms with Gasteiger partial charge in [0.25, 0.3) is 0 Å². The summed E-state index contributed by atoms with van der Waals surface area (Å²) in [5, 5.41) is 19.1. The lowest BCUT2D eigenvalue weighted by atomic mass is 10.1. The van der Waals surface area contributed by atoms with Crippen molar-refractivity contribution in [2.24, 2.45) is 0 Å². The van der Waals surface area contributed by atoms with Gasteiger partial charge in [-0.2, -0.15) is 0 Å². The third-order valence-corrected chi connectivity index (χ3v) is 2.41. The van der Waals surface area contributed by atoms with Crippen LogP contribution in [0.1, 0.15) is 24.2 Å². The Morgan fingerprint density at radius 2 is 1.94 bits per heavy atom. The summed E-state index contributed by atoms with van der Waals surface area (Å²) in [5.41, 5.74) is 1.77. The standard InChI is InChI=1S/C13H20O4/c1-9-4-5-12(10(2)14)13(6-9)17-8-11(15)7-16-3/h4-6,10-11,14-15H,7-8H2,1-3H3. The van der Waals surface area contributed by atoms with Crippen molar-refractivity contribution in [3.05, 3.63) is 29.3 Å². The van der Waals surface area contributed by atoms with Crippen LogP contribution >= 0.6 is 0 Å². The van der Waals surface area contributed by atoms with E-state index < -0.39 is 12.2 Å². The van der Waals surface area contributed by atoms with Gasteiger partial charge in [-0.1, -0.05) is 12.1 Å². The molecule has 17 heavy (non-hydrogen) atoms. The number of hydrogen-bond donors (Lipinski definition) is 2.